The Labute approximate surface area is 73.7 Å². The largest absolute Gasteiger partial charge is 0.288 e. The molecule has 3 rings (SSSR count). The number of hydrogen-bond donors (Lipinski definition) is 1. The number of pyridine rings is 1. The lowest BCUT2D eigenvalue weighted by atomic mass is 10.3. The fourth-order valence-corrected chi connectivity index (χ4v) is 1.48. The van der Waals surface area contributed by atoms with Gasteiger partial charge in [0.25, 0.3) is 5.65 Å². The second-order valence-electron chi connectivity index (χ2n) is 2.84. The van der Waals surface area contributed by atoms with Gasteiger partial charge in [0.1, 0.15) is 5.52 Å². The summed E-state index contributed by atoms with van der Waals surface area (Å²) in [6.07, 6.45) is 5.25. The number of aromatic amines is 2. The zero-order chi connectivity index (χ0) is 8.67. The van der Waals surface area contributed by atoms with Crippen LogP contribution in [-0.4, -0.2) is 15.0 Å². The zero-order valence-corrected chi connectivity index (χ0v) is 6.78. The van der Waals surface area contributed by atoms with Gasteiger partial charge >= 0.3 is 0 Å². The van der Waals surface area contributed by atoms with Crippen molar-refractivity contribution in [3.63, 3.8) is 0 Å². The van der Waals surface area contributed by atoms with Crippen molar-refractivity contribution >= 4 is 22.2 Å². The third kappa shape index (κ3) is 0.823. The molecule has 3 aromatic rings. The second-order valence-corrected chi connectivity index (χ2v) is 2.84. The van der Waals surface area contributed by atoms with Gasteiger partial charge in [-0.3, -0.25) is 0 Å². The summed E-state index contributed by atoms with van der Waals surface area (Å²) >= 11 is 0. The molecule has 3 heterocycles. The maximum Gasteiger partial charge on any atom is 0.288 e. The number of H-pyrrole nitrogens is 2. The van der Waals surface area contributed by atoms with Gasteiger partial charge in [-0.1, -0.05) is 0 Å². The lowest BCUT2D eigenvalue weighted by Gasteiger charge is -1.82. The van der Waals surface area contributed by atoms with E-state index in [-0.39, 0.29) is 0 Å². The first-order valence-corrected chi connectivity index (χ1v) is 4.04. The minimum absolute atomic E-state index is 0.819. The van der Waals surface area contributed by atoms with E-state index in [2.05, 4.69) is 19.9 Å². The van der Waals surface area contributed by atoms with Gasteiger partial charge < -0.3 is 0 Å². The SMILES string of the molecule is c1c[nH+]c2[nH]c3nccnc3c2c1. The number of hydrogen-bond acceptors (Lipinski definition) is 2. The first-order valence-electron chi connectivity index (χ1n) is 4.04. The number of rotatable bonds is 0. The van der Waals surface area contributed by atoms with Crippen LogP contribution in [0.15, 0.2) is 30.7 Å². The molecule has 0 amide bonds. The van der Waals surface area contributed by atoms with Crippen LogP contribution in [0.2, 0.25) is 0 Å². The molecule has 0 aliphatic heterocycles. The van der Waals surface area contributed by atoms with Crippen molar-refractivity contribution in [2.45, 2.75) is 0 Å². The highest BCUT2D eigenvalue weighted by Crippen LogP contribution is 2.17. The van der Waals surface area contributed by atoms with Gasteiger partial charge in [-0.15, -0.1) is 0 Å². The highest BCUT2D eigenvalue weighted by molar-refractivity contribution is 6.00. The maximum absolute atomic E-state index is 4.26. The van der Waals surface area contributed by atoms with Crippen LogP contribution in [0.1, 0.15) is 0 Å². The van der Waals surface area contributed by atoms with Gasteiger partial charge in [-0.25, -0.2) is 19.9 Å². The average Bonchev–Trinajstić information content (AvgIpc) is 2.56. The summed E-state index contributed by atoms with van der Waals surface area (Å²) in [5, 5.41) is 1.07. The van der Waals surface area contributed by atoms with E-state index in [0.717, 1.165) is 22.2 Å². The first-order chi connectivity index (χ1) is 6.45. The Morgan fingerprint density at radius 1 is 1.23 bits per heavy atom. The molecule has 0 aromatic carbocycles. The van der Waals surface area contributed by atoms with Gasteiger partial charge in [0.2, 0.25) is 5.65 Å². The van der Waals surface area contributed by atoms with E-state index in [4.69, 9.17) is 0 Å². The Morgan fingerprint density at radius 2 is 2.15 bits per heavy atom. The van der Waals surface area contributed by atoms with Gasteiger partial charge in [0, 0.05) is 12.4 Å². The Bertz CT molecular complexity index is 519. The maximum atomic E-state index is 4.26. The molecule has 0 aliphatic rings. The summed E-state index contributed by atoms with van der Waals surface area (Å²) in [6.45, 7) is 0. The first kappa shape index (κ1) is 6.54. The molecule has 0 fully saturated rings. The molecular weight excluding hydrogens is 164 g/mol. The van der Waals surface area contributed by atoms with Crippen molar-refractivity contribution in [2.75, 3.05) is 0 Å². The summed E-state index contributed by atoms with van der Waals surface area (Å²) in [5.41, 5.74) is 2.69. The molecular formula is C9H7N4+. The summed E-state index contributed by atoms with van der Waals surface area (Å²) in [5.74, 6) is 0. The minimum Gasteiger partial charge on any atom is -0.248 e. The number of fused-ring (bicyclic) bond motifs is 3. The summed E-state index contributed by atoms with van der Waals surface area (Å²) < 4.78 is 0. The van der Waals surface area contributed by atoms with Gasteiger partial charge in [0.05, 0.1) is 11.6 Å². The highest BCUT2D eigenvalue weighted by Gasteiger charge is 2.10. The third-order valence-electron chi connectivity index (χ3n) is 2.05. The van der Waals surface area contributed by atoms with Crippen LogP contribution in [0, 0.1) is 0 Å². The third-order valence-corrected chi connectivity index (χ3v) is 2.05. The molecule has 0 unspecified atom stereocenters. The molecule has 4 heteroatoms. The van der Waals surface area contributed by atoms with E-state index < -0.39 is 0 Å². The van der Waals surface area contributed by atoms with E-state index in [9.17, 15) is 0 Å². The van der Waals surface area contributed by atoms with Gasteiger partial charge in [-0.05, 0) is 12.1 Å². The standard InChI is InChI=1S/C9H6N4/c1-2-6-7-9(12-5-4-10-7)13-8(6)11-3-1/h1-5H,(H,11,12,13)/p+1. The Morgan fingerprint density at radius 3 is 3.15 bits per heavy atom. The predicted octanol–water partition coefficient (Wildman–Crippen LogP) is 0.925. The molecule has 0 saturated heterocycles. The summed E-state index contributed by atoms with van der Waals surface area (Å²) in [6, 6.07) is 3.96. The molecule has 0 atom stereocenters. The topological polar surface area (TPSA) is 55.7 Å². The van der Waals surface area contributed by atoms with Crippen LogP contribution < -0.4 is 4.98 Å². The van der Waals surface area contributed by atoms with Crippen molar-refractivity contribution in [3.8, 4) is 0 Å². The molecule has 0 bridgehead atoms. The Kier molecular flexibility index (Phi) is 1.14. The average molecular weight is 171 g/mol. The van der Waals surface area contributed by atoms with E-state index in [0.29, 0.717) is 0 Å². The smallest absolute Gasteiger partial charge is 0.248 e. The number of aromatic nitrogens is 4. The number of nitrogens with zero attached hydrogens (tertiary/aromatic N) is 2. The molecule has 3 aromatic heterocycles. The molecule has 62 valence electrons. The fraction of sp³-hybridized carbons (Fsp3) is 0. The van der Waals surface area contributed by atoms with E-state index in [1.807, 2.05) is 18.3 Å². The van der Waals surface area contributed by atoms with E-state index in [1.165, 1.54) is 0 Å². The molecule has 4 nitrogen and oxygen atoms in total. The minimum atomic E-state index is 0.819. The van der Waals surface area contributed by atoms with Crippen LogP contribution >= 0.6 is 0 Å². The fourth-order valence-electron chi connectivity index (χ4n) is 1.48. The normalized spacial score (nSPS) is 11.1. The second kappa shape index (κ2) is 2.26. The molecule has 2 N–H and O–H groups in total. The molecule has 0 aliphatic carbocycles. The highest BCUT2D eigenvalue weighted by atomic mass is 15.0. The van der Waals surface area contributed by atoms with Gasteiger partial charge in [0.15, 0.2) is 0 Å². The van der Waals surface area contributed by atoms with E-state index in [1.54, 1.807) is 12.4 Å². The van der Waals surface area contributed by atoms with Crippen molar-refractivity contribution in [1.82, 2.24) is 15.0 Å². The van der Waals surface area contributed by atoms with Crippen LogP contribution in [0.3, 0.4) is 0 Å². The van der Waals surface area contributed by atoms with Crippen molar-refractivity contribution < 1.29 is 4.98 Å². The van der Waals surface area contributed by atoms with Crippen LogP contribution in [0.4, 0.5) is 0 Å². The predicted molar refractivity (Wildman–Crippen MR) is 48.0 cm³/mol. The van der Waals surface area contributed by atoms with Gasteiger partial charge in [-0.2, -0.15) is 0 Å². The molecule has 0 radical (unpaired) electrons. The Balaban J connectivity index is 2.64. The van der Waals surface area contributed by atoms with Crippen LogP contribution in [0.25, 0.3) is 22.2 Å². The van der Waals surface area contributed by atoms with Crippen molar-refractivity contribution in [3.05, 3.63) is 30.7 Å². The molecule has 13 heavy (non-hydrogen) atoms. The Hall–Kier alpha value is -1.97. The van der Waals surface area contributed by atoms with Crippen LogP contribution in [0.5, 0.6) is 0 Å². The molecule has 0 saturated carbocycles. The van der Waals surface area contributed by atoms with E-state index >= 15 is 0 Å². The zero-order valence-electron chi connectivity index (χ0n) is 6.78. The lowest BCUT2D eigenvalue weighted by Crippen LogP contribution is -2.00. The summed E-state index contributed by atoms with van der Waals surface area (Å²) in [7, 11) is 0. The van der Waals surface area contributed by atoms with Crippen LogP contribution in [-0.2, 0) is 0 Å². The van der Waals surface area contributed by atoms with Crippen molar-refractivity contribution in [2.24, 2.45) is 0 Å². The number of nitrogens with one attached hydrogen (secondary N) is 2. The summed E-state index contributed by atoms with van der Waals surface area (Å²) in [4.78, 5) is 14.7. The lowest BCUT2D eigenvalue weighted by molar-refractivity contribution is -0.347. The quantitative estimate of drug-likeness (QED) is 0.547. The van der Waals surface area contributed by atoms with Crippen molar-refractivity contribution in [1.29, 1.82) is 0 Å². The monoisotopic (exact) mass is 171 g/mol. The molecule has 0 spiro atoms.